The number of nitrogens with zero attached hydrogens (tertiary/aromatic N) is 1. The van der Waals surface area contributed by atoms with Gasteiger partial charge in [-0.2, -0.15) is 4.31 Å². The van der Waals surface area contributed by atoms with E-state index in [0.717, 1.165) is 16.9 Å². The first-order valence-electron chi connectivity index (χ1n) is 6.70. The summed E-state index contributed by atoms with van der Waals surface area (Å²) in [6, 6.07) is -0.0817. The third-order valence-electron chi connectivity index (χ3n) is 3.77. The van der Waals surface area contributed by atoms with Crippen molar-refractivity contribution in [1.82, 2.24) is 9.62 Å². The number of hydrogen-bond donors (Lipinski definition) is 1. The molecule has 2 atom stereocenters. The van der Waals surface area contributed by atoms with Gasteiger partial charge in [0.1, 0.15) is 4.90 Å². The molecule has 1 fully saturated rings. The summed E-state index contributed by atoms with van der Waals surface area (Å²) >= 11 is 1.49. The maximum atomic E-state index is 12.9. The molecule has 0 saturated carbocycles. The van der Waals surface area contributed by atoms with Gasteiger partial charge in [-0.25, -0.2) is 8.42 Å². The van der Waals surface area contributed by atoms with E-state index in [9.17, 15) is 8.42 Å². The first-order valence-corrected chi connectivity index (χ1v) is 9.02. The second kappa shape index (κ2) is 6.11. The van der Waals surface area contributed by atoms with E-state index in [2.05, 4.69) is 5.32 Å². The Morgan fingerprint density at radius 1 is 1.55 bits per heavy atom. The highest BCUT2D eigenvalue weighted by molar-refractivity contribution is 7.89. The molecule has 1 N–H and O–H groups in total. The van der Waals surface area contributed by atoms with Crippen LogP contribution in [0, 0.1) is 6.92 Å². The van der Waals surface area contributed by atoms with Crippen LogP contribution in [0.4, 0.5) is 0 Å². The quantitative estimate of drug-likeness (QED) is 0.895. The van der Waals surface area contributed by atoms with Crippen molar-refractivity contribution in [3.05, 3.63) is 15.8 Å². The summed E-state index contributed by atoms with van der Waals surface area (Å²) in [4.78, 5) is 1.32. The first kappa shape index (κ1) is 15.9. The van der Waals surface area contributed by atoms with E-state index in [4.69, 9.17) is 4.74 Å². The lowest BCUT2D eigenvalue weighted by Gasteiger charge is -2.26. The van der Waals surface area contributed by atoms with Crippen molar-refractivity contribution in [3.8, 4) is 0 Å². The number of nitrogens with one attached hydrogen (secondary N) is 1. The van der Waals surface area contributed by atoms with Crippen molar-refractivity contribution >= 4 is 21.4 Å². The normalized spacial score (nSPS) is 23.6. The number of aryl methyl sites for hydroxylation is 1. The summed E-state index contributed by atoms with van der Waals surface area (Å²) in [6.07, 6.45) is 0.697. The second-order valence-electron chi connectivity index (χ2n) is 5.15. The maximum Gasteiger partial charge on any atom is 0.244 e. The van der Waals surface area contributed by atoms with Crippen LogP contribution >= 0.6 is 11.3 Å². The van der Waals surface area contributed by atoms with Crippen LogP contribution in [-0.4, -0.2) is 45.6 Å². The van der Waals surface area contributed by atoms with Crippen molar-refractivity contribution < 1.29 is 13.2 Å². The molecule has 0 aliphatic carbocycles. The minimum absolute atomic E-state index is 0.0542. The molecule has 7 heteroatoms. The van der Waals surface area contributed by atoms with Gasteiger partial charge in [0.25, 0.3) is 0 Å². The topological polar surface area (TPSA) is 58.6 Å². The fourth-order valence-electron chi connectivity index (χ4n) is 2.64. The molecule has 20 heavy (non-hydrogen) atoms. The summed E-state index contributed by atoms with van der Waals surface area (Å²) in [5, 5.41) is 4.93. The lowest BCUT2D eigenvalue weighted by Crippen LogP contribution is -2.41. The largest absolute Gasteiger partial charge is 0.377 e. The fraction of sp³-hybridized carbons (Fsp3) is 0.692. The monoisotopic (exact) mass is 318 g/mol. The molecule has 1 aromatic heterocycles. The van der Waals surface area contributed by atoms with Crippen molar-refractivity contribution in [2.75, 3.05) is 20.7 Å². The zero-order valence-corrected chi connectivity index (χ0v) is 14.0. The Kier molecular flexibility index (Phi) is 4.86. The summed E-state index contributed by atoms with van der Waals surface area (Å²) in [7, 11) is 0.00790. The third-order valence-corrected chi connectivity index (χ3v) is 7.11. The van der Waals surface area contributed by atoms with E-state index < -0.39 is 10.0 Å². The van der Waals surface area contributed by atoms with E-state index in [0.29, 0.717) is 18.0 Å². The number of sulfonamides is 1. The molecule has 0 amide bonds. The van der Waals surface area contributed by atoms with Crippen molar-refractivity contribution in [2.24, 2.45) is 0 Å². The van der Waals surface area contributed by atoms with Crippen LogP contribution < -0.4 is 5.32 Å². The third kappa shape index (κ3) is 2.78. The van der Waals surface area contributed by atoms with E-state index in [1.165, 1.54) is 15.6 Å². The molecule has 114 valence electrons. The Labute approximate surface area is 125 Å². The lowest BCUT2D eigenvalue weighted by molar-refractivity contribution is 0.102. The Hall–Kier alpha value is -0.470. The van der Waals surface area contributed by atoms with Crippen LogP contribution in [0.15, 0.2) is 10.3 Å². The Morgan fingerprint density at radius 3 is 2.80 bits per heavy atom. The van der Waals surface area contributed by atoms with Gasteiger partial charge in [0, 0.05) is 25.1 Å². The van der Waals surface area contributed by atoms with Gasteiger partial charge in [-0.15, -0.1) is 11.3 Å². The number of rotatable bonds is 5. The summed E-state index contributed by atoms with van der Waals surface area (Å²) in [5.74, 6) is 0. The number of thiophene rings is 1. The van der Waals surface area contributed by atoms with Gasteiger partial charge in [-0.3, -0.25) is 0 Å². The second-order valence-corrected chi connectivity index (χ2v) is 8.05. The van der Waals surface area contributed by atoms with Gasteiger partial charge < -0.3 is 10.1 Å². The molecule has 2 rings (SSSR count). The zero-order valence-electron chi connectivity index (χ0n) is 12.3. The average molecular weight is 318 g/mol. The SMILES string of the molecule is CNCc1scc(C)c1S(=O)(=O)N(C)C1CCOC1C. The molecule has 1 aromatic rings. The molecule has 0 radical (unpaired) electrons. The van der Waals surface area contributed by atoms with E-state index in [1.807, 2.05) is 26.3 Å². The predicted molar refractivity (Wildman–Crippen MR) is 80.6 cm³/mol. The Balaban J connectivity index is 2.37. The fourth-order valence-corrected chi connectivity index (χ4v) is 5.85. The average Bonchev–Trinajstić information content (AvgIpc) is 2.95. The van der Waals surface area contributed by atoms with Crippen molar-refractivity contribution in [1.29, 1.82) is 0 Å². The number of ether oxygens (including phenoxy) is 1. The molecule has 1 aliphatic heterocycles. The van der Waals surface area contributed by atoms with E-state index in [1.54, 1.807) is 7.05 Å². The van der Waals surface area contributed by atoms with Gasteiger partial charge >= 0.3 is 0 Å². The maximum absolute atomic E-state index is 12.9. The lowest BCUT2D eigenvalue weighted by atomic mass is 10.2. The van der Waals surface area contributed by atoms with Crippen LogP contribution in [0.3, 0.4) is 0 Å². The standard InChI is InChI=1S/C13H22N2O3S2/c1-9-8-19-12(7-14-3)13(9)20(16,17)15(4)11-5-6-18-10(11)2/h8,10-11,14H,5-7H2,1-4H3. The highest BCUT2D eigenvalue weighted by atomic mass is 32.2. The molecule has 1 aliphatic rings. The highest BCUT2D eigenvalue weighted by Gasteiger charge is 2.37. The first-order chi connectivity index (χ1) is 9.39. The van der Waals surface area contributed by atoms with Crippen LogP contribution in [-0.2, 0) is 21.3 Å². The summed E-state index contributed by atoms with van der Waals surface area (Å²) < 4.78 is 32.8. The minimum atomic E-state index is -3.47. The predicted octanol–water partition coefficient (Wildman–Crippen LogP) is 1.57. The molecular weight excluding hydrogens is 296 g/mol. The molecule has 0 bridgehead atoms. The molecule has 0 aromatic carbocycles. The number of hydrogen-bond acceptors (Lipinski definition) is 5. The minimum Gasteiger partial charge on any atom is -0.377 e. The summed E-state index contributed by atoms with van der Waals surface area (Å²) in [6.45, 7) is 4.97. The van der Waals surface area contributed by atoms with Crippen molar-refractivity contribution in [2.45, 2.75) is 43.9 Å². The molecular formula is C13H22N2O3S2. The van der Waals surface area contributed by atoms with Crippen LogP contribution in [0.5, 0.6) is 0 Å². The Morgan fingerprint density at radius 2 is 2.25 bits per heavy atom. The smallest absolute Gasteiger partial charge is 0.244 e. The van der Waals surface area contributed by atoms with Crippen LogP contribution in [0.1, 0.15) is 23.8 Å². The molecule has 2 heterocycles. The Bertz CT molecular complexity index is 568. The van der Waals surface area contributed by atoms with E-state index >= 15 is 0 Å². The highest BCUT2D eigenvalue weighted by Crippen LogP contribution is 2.32. The van der Waals surface area contributed by atoms with Gasteiger partial charge in [0.05, 0.1) is 12.1 Å². The van der Waals surface area contributed by atoms with Crippen LogP contribution in [0.25, 0.3) is 0 Å². The van der Waals surface area contributed by atoms with Gasteiger partial charge in [-0.05, 0) is 38.3 Å². The summed E-state index contributed by atoms with van der Waals surface area (Å²) in [5.41, 5.74) is 0.818. The molecule has 0 spiro atoms. The van der Waals surface area contributed by atoms with Crippen molar-refractivity contribution in [3.63, 3.8) is 0 Å². The molecule has 2 unspecified atom stereocenters. The van der Waals surface area contributed by atoms with E-state index in [-0.39, 0.29) is 12.1 Å². The zero-order chi connectivity index (χ0) is 14.9. The van der Waals surface area contributed by atoms with Gasteiger partial charge in [0.15, 0.2) is 0 Å². The van der Waals surface area contributed by atoms with Gasteiger partial charge in [0.2, 0.25) is 10.0 Å². The van der Waals surface area contributed by atoms with Gasteiger partial charge in [-0.1, -0.05) is 0 Å². The number of likely N-dealkylation sites (N-methyl/N-ethyl adjacent to an activating group) is 1. The molecule has 1 saturated heterocycles. The molecule has 5 nitrogen and oxygen atoms in total. The van der Waals surface area contributed by atoms with Crippen LogP contribution in [0.2, 0.25) is 0 Å².